The summed E-state index contributed by atoms with van der Waals surface area (Å²) in [5, 5.41) is 10.7. The van der Waals surface area contributed by atoms with Crippen molar-refractivity contribution in [2.75, 3.05) is 6.61 Å². The summed E-state index contributed by atoms with van der Waals surface area (Å²) in [6, 6.07) is 3.91. The molecular weight excluding hydrogens is 186 g/mol. The zero-order valence-corrected chi connectivity index (χ0v) is 7.75. The van der Waals surface area contributed by atoms with E-state index in [1.54, 1.807) is 17.6 Å². The van der Waals surface area contributed by atoms with Crippen LogP contribution in [0.5, 0.6) is 0 Å². The molecule has 1 N–H and O–H groups in total. The van der Waals surface area contributed by atoms with Gasteiger partial charge < -0.3 is 9.52 Å². The minimum atomic E-state index is 0.108. The fraction of sp³-hybridized carbons (Fsp3) is 0.222. The third-order valence-corrected chi connectivity index (χ3v) is 2.51. The number of thiophene rings is 1. The molecule has 0 aliphatic heterocycles. The van der Waals surface area contributed by atoms with Gasteiger partial charge in [0.15, 0.2) is 0 Å². The highest BCUT2D eigenvalue weighted by Gasteiger charge is 2.06. The average molecular weight is 195 g/mol. The van der Waals surface area contributed by atoms with E-state index in [-0.39, 0.29) is 6.61 Å². The van der Waals surface area contributed by atoms with Gasteiger partial charge in [-0.25, -0.2) is 4.98 Å². The summed E-state index contributed by atoms with van der Waals surface area (Å²) in [4.78, 5) is 5.24. The summed E-state index contributed by atoms with van der Waals surface area (Å²) in [6.45, 7) is 0.108. The van der Waals surface area contributed by atoms with Crippen LogP contribution in [0.25, 0.3) is 10.8 Å². The second-order valence-electron chi connectivity index (χ2n) is 2.59. The van der Waals surface area contributed by atoms with Gasteiger partial charge in [-0.1, -0.05) is 6.07 Å². The molecule has 2 rings (SSSR count). The van der Waals surface area contributed by atoms with Crippen LogP contribution in [0.3, 0.4) is 0 Å². The van der Waals surface area contributed by atoms with Crippen LogP contribution < -0.4 is 0 Å². The Bertz CT molecular complexity index is 367. The summed E-state index contributed by atoms with van der Waals surface area (Å²) < 4.78 is 5.25. The van der Waals surface area contributed by atoms with E-state index in [4.69, 9.17) is 9.52 Å². The third-order valence-electron chi connectivity index (χ3n) is 1.65. The molecule has 2 heterocycles. The topological polar surface area (TPSA) is 46.3 Å². The fourth-order valence-electron chi connectivity index (χ4n) is 1.05. The van der Waals surface area contributed by atoms with E-state index in [0.29, 0.717) is 12.3 Å². The first-order chi connectivity index (χ1) is 6.40. The van der Waals surface area contributed by atoms with Gasteiger partial charge in [-0.15, -0.1) is 11.3 Å². The number of hydrogen-bond acceptors (Lipinski definition) is 4. The van der Waals surface area contributed by atoms with Crippen molar-refractivity contribution >= 4 is 11.3 Å². The molecule has 0 aliphatic carbocycles. The highest BCUT2D eigenvalue weighted by atomic mass is 32.1. The number of aliphatic hydroxyl groups is 1. The van der Waals surface area contributed by atoms with Gasteiger partial charge >= 0.3 is 0 Å². The SMILES string of the molecule is OCCc1coc(-c2cccs2)n1. The zero-order chi connectivity index (χ0) is 9.10. The molecule has 0 saturated heterocycles. The molecular formula is C9H9NO2S. The van der Waals surface area contributed by atoms with Gasteiger partial charge in [0.1, 0.15) is 6.26 Å². The lowest BCUT2D eigenvalue weighted by atomic mass is 10.4. The zero-order valence-electron chi connectivity index (χ0n) is 6.93. The van der Waals surface area contributed by atoms with Crippen molar-refractivity contribution in [2.45, 2.75) is 6.42 Å². The first-order valence-electron chi connectivity index (χ1n) is 3.99. The Morgan fingerprint density at radius 2 is 2.46 bits per heavy atom. The van der Waals surface area contributed by atoms with Crippen molar-refractivity contribution in [1.82, 2.24) is 4.98 Å². The second kappa shape index (κ2) is 3.72. The van der Waals surface area contributed by atoms with E-state index in [1.165, 1.54) is 0 Å². The number of aromatic nitrogens is 1. The molecule has 0 aromatic carbocycles. The molecule has 0 unspecified atom stereocenters. The van der Waals surface area contributed by atoms with Gasteiger partial charge in [-0.3, -0.25) is 0 Å². The monoisotopic (exact) mass is 195 g/mol. The van der Waals surface area contributed by atoms with Crippen LogP contribution in [0, 0.1) is 0 Å². The van der Waals surface area contributed by atoms with Gasteiger partial charge in [-0.05, 0) is 11.4 Å². The smallest absolute Gasteiger partial charge is 0.236 e. The van der Waals surface area contributed by atoms with E-state index in [2.05, 4.69) is 4.98 Å². The molecule has 2 aromatic heterocycles. The molecule has 4 heteroatoms. The van der Waals surface area contributed by atoms with Crippen LogP contribution in [0.2, 0.25) is 0 Å². The highest BCUT2D eigenvalue weighted by Crippen LogP contribution is 2.23. The first kappa shape index (κ1) is 8.47. The van der Waals surface area contributed by atoms with E-state index in [1.807, 2.05) is 17.5 Å². The fourth-order valence-corrected chi connectivity index (χ4v) is 1.71. The Labute approximate surface area is 79.7 Å². The maximum atomic E-state index is 8.68. The lowest BCUT2D eigenvalue weighted by molar-refractivity contribution is 0.298. The minimum absolute atomic E-state index is 0.108. The number of oxazole rings is 1. The van der Waals surface area contributed by atoms with Crippen LogP contribution in [0.15, 0.2) is 28.2 Å². The number of nitrogens with zero attached hydrogens (tertiary/aromatic N) is 1. The molecule has 0 saturated carbocycles. The van der Waals surface area contributed by atoms with Crippen molar-refractivity contribution in [1.29, 1.82) is 0 Å². The molecule has 13 heavy (non-hydrogen) atoms. The Morgan fingerprint density at radius 3 is 3.15 bits per heavy atom. The number of aliphatic hydroxyl groups excluding tert-OH is 1. The van der Waals surface area contributed by atoms with Gasteiger partial charge in [0.05, 0.1) is 10.6 Å². The molecule has 0 bridgehead atoms. The third kappa shape index (κ3) is 1.79. The van der Waals surface area contributed by atoms with Crippen molar-refractivity contribution in [3.05, 3.63) is 29.5 Å². The summed E-state index contributed by atoms with van der Waals surface area (Å²) in [6.07, 6.45) is 2.14. The predicted octanol–water partition coefficient (Wildman–Crippen LogP) is 1.94. The molecule has 0 radical (unpaired) electrons. The molecule has 0 atom stereocenters. The van der Waals surface area contributed by atoms with Crippen LogP contribution in [0.4, 0.5) is 0 Å². The minimum Gasteiger partial charge on any atom is -0.444 e. The standard InChI is InChI=1S/C9H9NO2S/c11-4-3-7-6-12-9(10-7)8-2-1-5-13-8/h1-2,5-6,11H,3-4H2. The second-order valence-corrected chi connectivity index (χ2v) is 3.54. The quantitative estimate of drug-likeness (QED) is 0.814. The van der Waals surface area contributed by atoms with Crippen molar-refractivity contribution < 1.29 is 9.52 Å². The van der Waals surface area contributed by atoms with E-state index in [9.17, 15) is 0 Å². The molecule has 0 spiro atoms. The van der Waals surface area contributed by atoms with E-state index >= 15 is 0 Å². The Hall–Kier alpha value is -1.13. The molecule has 68 valence electrons. The van der Waals surface area contributed by atoms with Gasteiger partial charge in [-0.2, -0.15) is 0 Å². The summed E-state index contributed by atoms with van der Waals surface area (Å²) in [5.41, 5.74) is 0.797. The summed E-state index contributed by atoms with van der Waals surface area (Å²) in [7, 11) is 0. The predicted molar refractivity (Wildman–Crippen MR) is 50.6 cm³/mol. The molecule has 3 nitrogen and oxygen atoms in total. The highest BCUT2D eigenvalue weighted by molar-refractivity contribution is 7.13. The Kier molecular flexibility index (Phi) is 2.42. The average Bonchev–Trinajstić information content (AvgIpc) is 2.70. The maximum absolute atomic E-state index is 8.68. The van der Waals surface area contributed by atoms with Gasteiger partial charge in [0.2, 0.25) is 5.89 Å². The van der Waals surface area contributed by atoms with E-state index < -0.39 is 0 Å². The van der Waals surface area contributed by atoms with Crippen LogP contribution >= 0.6 is 11.3 Å². The number of rotatable bonds is 3. The Balaban J connectivity index is 2.23. The van der Waals surface area contributed by atoms with Crippen molar-refractivity contribution in [2.24, 2.45) is 0 Å². The number of hydrogen-bond donors (Lipinski definition) is 1. The first-order valence-corrected chi connectivity index (χ1v) is 4.87. The van der Waals surface area contributed by atoms with E-state index in [0.717, 1.165) is 10.6 Å². The molecule has 2 aromatic rings. The summed E-state index contributed by atoms with van der Waals surface area (Å²) >= 11 is 1.59. The molecule has 0 aliphatic rings. The van der Waals surface area contributed by atoms with Crippen LogP contribution in [-0.2, 0) is 6.42 Å². The van der Waals surface area contributed by atoms with Crippen molar-refractivity contribution in [3.63, 3.8) is 0 Å². The van der Waals surface area contributed by atoms with Gasteiger partial charge in [0.25, 0.3) is 0 Å². The van der Waals surface area contributed by atoms with Gasteiger partial charge in [0, 0.05) is 13.0 Å². The summed E-state index contributed by atoms with van der Waals surface area (Å²) in [5.74, 6) is 0.637. The molecule has 0 amide bonds. The van der Waals surface area contributed by atoms with Crippen LogP contribution in [0.1, 0.15) is 5.69 Å². The normalized spacial score (nSPS) is 10.5. The Morgan fingerprint density at radius 1 is 1.54 bits per heavy atom. The maximum Gasteiger partial charge on any atom is 0.236 e. The van der Waals surface area contributed by atoms with Crippen LogP contribution in [-0.4, -0.2) is 16.7 Å². The van der Waals surface area contributed by atoms with Crippen molar-refractivity contribution in [3.8, 4) is 10.8 Å². The lowest BCUT2D eigenvalue weighted by Gasteiger charge is -1.86. The lowest BCUT2D eigenvalue weighted by Crippen LogP contribution is -1.89. The largest absolute Gasteiger partial charge is 0.444 e. The molecule has 0 fully saturated rings.